The van der Waals surface area contributed by atoms with Gasteiger partial charge in [-0.25, -0.2) is 8.42 Å². The first kappa shape index (κ1) is 20.6. The zero-order valence-corrected chi connectivity index (χ0v) is 17.0. The molecule has 3 rings (SSSR count). The molecule has 1 aromatic carbocycles. The summed E-state index contributed by atoms with van der Waals surface area (Å²) in [5.41, 5.74) is 0.222. The van der Waals surface area contributed by atoms with Crippen molar-refractivity contribution in [3.05, 3.63) is 23.8 Å². The zero-order valence-electron chi connectivity index (χ0n) is 16.2. The van der Waals surface area contributed by atoms with E-state index in [1.54, 1.807) is 4.90 Å². The largest absolute Gasteiger partial charge is 0.496 e. The monoisotopic (exact) mass is 410 g/mol. The maximum Gasteiger partial charge on any atom is 0.308 e. The molecule has 28 heavy (non-hydrogen) atoms. The van der Waals surface area contributed by atoms with Crippen LogP contribution in [0.4, 0.5) is 0 Å². The molecule has 0 spiro atoms. The number of amides is 1. The van der Waals surface area contributed by atoms with Crippen LogP contribution in [-0.2, 0) is 19.6 Å². The second-order valence-corrected chi connectivity index (χ2v) is 9.00. The summed E-state index contributed by atoms with van der Waals surface area (Å²) in [7, 11) is -0.821. The number of esters is 1. The van der Waals surface area contributed by atoms with Crippen molar-refractivity contribution in [2.75, 3.05) is 40.4 Å². The van der Waals surface area contributed by atoms with Gasteiger partial charge in [-0.15, -0.1) is 0 Å². The fourth-order valence-corrected chi connectivity index (χ4v) is 5.29. The van der Waals surface area contributed by atoms with E-state index in [1.807, 2.05) is 0 Å². The van der Waals surface area contributed by atoms with Gasteiger partial charge >= 0.3 is 5.97 Å². The van der Waals surface area contributed by atoms with Crippen molar-refractivity contribution >= 4 is 21.9 Å². The third kappa shape index (κ3) is 4.00. The van der Waals surface area contributed by atoms with Gasteiger partial charge in [0, 0.05) is 26.2 Å². The minimum Gasteiger partial charge on any atom is -0.496 e. The fourth-order valence-electron chi connectivity index (χ4n) is 3.75. The lowest BCUT2D eigenvalue weighted by atomic mass is 9.96. The molecule has 0 atom stereocenters. The van der Waals surface area contributed by atoms with Crippen LogP contribution in [-0.4, -0.2) is 69.9 Å². The van der Waals surface area contributed by atoms with Crippen LogP contribution < -0.4 is 4.74 Å². The summed E-state index contributed by atoms with van der Waals surface area (Å²) in [6, 6.07) is 4.41. The van der Waals surface area contributed by atoms with E-state index in [2.05, 4.69) is 0 Å². The van der Waals surface area contributed by atoms with Gasteiger partial charge in [0.05, 0.1) is 30.6 Å². The average molecular weight is 410 g/mol. The van der Waals surface area contributed by atoms with E-state index in [-0.39, 0.29) is 28.3 Å². The second-order valence-electron chi connectivity index (χ2n) is 7.06. The van der Waals surface area contributed by atoms with E-state index in [4.69, 9.17) is 9.47 Å². The molecule has 9 heteroatoms. The Hall–Kier alpha value is -2.13. The Balaban J connectivity index is 1.82. The van der Waals surface area contributed by atoms with Gasteiger partial charge in [0.25, 0.3) is 5.91 Å². The molecular weight excluding hydrogens is 384 g/mol. The van der Waals surface area contributed by atoms with Crippen molar-refractivity contribution in [1.29, 1.82) is 0 Å². The van der Waals surface area contributed by atoms with Gasteiger partial charge in [-0.1, -0.05) is 0 Å². The molecule has 2 aliphatic heterocycles. The molecular formula is C19H26N2O6S. The van der Waals surface area contributed by atoms with Gasteiger partial charge in [-0.2, -0.15) is 4.31 Å². The number of rotatable bonds is 5. The Labute approximate surface area is 165 Å². The van der Waals surface area contributed by atoms with Crippen LogP contribution in [0.1, 0.15) is 36.0 Å². The van der Waals surface area contributed by atoms with E-state index in [0.29, 0.717) is 44.8 Å². The van der Waals surface area contributed by atoms with E-state index >= 15 is 0 Å². The van der Waals surface area contributed by atoms with Crippen LogP contribution in [0.15, 0.2) is 23.1 Å². The number of ether oxygens (including phenoxy) is 2. The van der Waals surface area contributed by atoms with Gasteiger partial charge in [0.1, 0.15) is 5.75 Å². The van der Waals surface area contributed by atoms with Crippen molar-refractivity contribution in [1.82, 2.24) is 9.21 Å². The van der Waals surface area contributed by atoms with Crippen molar-refractivity contribution < 1.29 is 27.5 Å². The maximum absolute atomic E-state index is 13.0. The third-order valence-electron chi connectivity index (χ3n) is 5.42. The van der Waals surface area contributed by atoms with Crippen molar-refractivity contribution in [2.24, 2.45) is 5.92 Å². The molecule has 1 aromatic rings. The van der Waals surface area contributed by atoms with Crippen molar-refractivity contribution in [2.45, 2.75) is 30.6 Å². The number of piperidine rings is 1. The highest BCUT2D eigenvalue weighted by molar-refractivity contribution is 7.89. The van der Waals surface area contributed by atoms with Gasteiger partial charge in [-0.05, 0) is 43.9 Å². The quantitative estimate of drug-likeness (QED) is 0.683. The Kier molecular flexibility index (Phi) is 6.24. The number of sulfonamides is 1. The van der Waals surface area contributed by atoms with E-state index < -0.39 is 10.0 Å². The highest BCUT2D eigenvalue weighted by Gasteiger charge is 2.32. The standard InChI is InChI=1S/C19H26N2O6S/c1-26-17-6-5-15(28(24,25)21-9-3-4-10-21)13-16(17)18(22)20-11-7-14(8-12-20)19(23)27-2/h5-6,13-14H,3-4,7-12H2,1-2H3. The average Bonchev–Trinajstić information content (AvgIpc) is 3.28. The number of benzene rings is 1. The first-order valence-corrected chi connectivity index (χ1v) is 10.9. The zero-order chi connectivity index (χ0) is 20.3. The summed E-state index contributed by atoms with van der Waals surface area (Å²) in [6.45, 7) is 1.81. The first-order valence-electron chi connectivity index (χ1n) is 9.43. The summed E-state index contributed by atoms with van der Waals surface area (Å²) in [5, 5.41) is 0. The summed E-state index contributed by atoms with van der Waals surface area (Å²) in [4.78, 5) is 26.5. The lowest BCUT2D eigenvalue weighted by molar-refractivity contribution is -0.146. The number of methoxy groups -OCH3 is 2. The molecule has 0 radical (unpaired) electrons. The Bertz CT molecular complexity index is 840. The highest BCUT2D eigenvalue weighted by Crippen LogP contribution is 2.29. The van der Waals surface area contributed by atoms with Crippen LogP contribution >= 0.6 is 0 Å². The fraction of sp³-hybridized carbons (Fsp3) is 0.579. The number of hydrogen-bond acceptors (Lipinski definition) is 6. The molecule has 0 aliphatic carbocycles. The van der Waals surface area contributed by atoms with E-state index in [9.17, 15) is 18.0 Å². The molecule has 2 aliphatic rings. The predicted octanol–water partition coefficient (Wildman–Crippen LogP) is 1.50. The van der Waals surface area contributed by atoms with Gasteiger partial charge in [-0.3, -0.25) is 9.59 Å². The normalized spacial score (nSPS) is 18.9. The lowest BCUT2D eigenvalue weighted by Crippen LogP contribution is -2.40. The Morgan fingerprint density at radius 2 is 1.68 bits per heavy atom. The second kappa shape index (κ2) is 8.48. The van der Waals surface area contributed by atoms with Gasteiger partial charge in [0.2, 0.25) is 10.0 Å². The molecule has 0 bridgehead atoms. The van der Waals surface area contributed by atoms with Crippen LogP contribution in [0.3, 0.4) is 0 Å². The van der Waals surface area contributed by atoms with Gasteiger partial charge in [0.15, 0.2) is 0 Å². The van der Waals surface area contributed by atoms with Crippen molar-refractivity contribution in [3.63, 3.8) is 0 Å². The smallest absolute Gasteiger partial charge is 0.308 e. The topological polar surface area (TPSA) is 93.2 Å². The molecule has 2 fully saturated rings. The number of carbonyl (C=O) groups is 2. The number of nitrogens with zero attached hydrogens (tertiary/aromatic N) is 2. The first-order chi connectivity index (χ1) is 13.4. The molecule has 0 aromatic heterocycles. The van der Waals surface area contributed by atoms with Crippen LogP contribution in [0.2, 0.25) is 0 Å². The van der Waals surface area contributed by atoms with Crippen LogP contribution in [0.25, 0.3) is 0 Å². The lowest BCUT2D eigenvalue weighted by Gasteiger charge is -2.31. The molecule has 154 valence electrons. The molecule has 0 saturated carbocycles. The minimum absolute atomic E-state index is 0.1000. The van der Waals surface area contributed by atoms with Crippen molar-refractivity contribution in [3.8, 4) is 5.75 Å². The predicted molar refractivity (Wildman–Crippen MR) is 102 cm³/mol. The number of carbonyl (C=O) groups excluding carboxylic acids is 2. The number of hydrogen-bond donors (Lipinski definition) is 0. The maximum atomic E-state index is 13.0. The van der Waals surface area contributed by atoms with E-state index in [0.717, 1.165) is 12.8 Å². The van der Waals surface area contributed by atoms with Gasteiger partial charge < -0.3 is 14.4 Å². The molecule has 2 heterocycles. The molecule has 8 nitrogen and oxygen atoms in total. The summed E-state index contributed by atoms with van der Waals surface area (Å²) in [5.74, 6) is -0.430. The molecule has 0 unspecified atom stereocenters. The minimum atomic E-state index is -3.63. The third-order valence-corrected chi connectivity index (χ3v) is 7.32. The summed E-state index contributed by atoms with van der Waals surface area (Å²) >= 11 is 0. The molecule has 2 saturated heterocycles. The van der Waals surface area contributed by atoms with Crippen LogP contribution in [0.5, 0.6) is 5.75 Å². The summed E-state index contributed by atoms with van der Waals surface area (Å²) in [6.07, 6.45) is 2.73. The number of likely N-dealkylation sites (tertiary alicyclic amines) is 1. The summed E-state index contributed by atoms with van der Waals surface area (Å²) < 4.78 is 37.2. The van der Waals surface area contributed by atoms with E-state index in [1.165, 1.54) is 36.7 Å². The molecule has 1 amide bonds. The Morgan fingerprint density at radius 1 is 1.04 bits per heavy atom. The Morgan fingerprint density at radius 3 is 2.25 bits per heavy atom. The highest BCUT2D eigenvalue weighted by atomic mass is 32.2. The SMILES string of the molecule is COC(=O)C1CCN(C(=O)c2cc(S(=O)(=O)N3CCCC3)ccc2OC)CC1. The van der Waals surface area contributed by atoms with Crippen LogP contribution in [0, 0.1) is 5.92 Å². The molecule has 0 N–H and O–H groups in total.